The van der Waals surface area contributed by atoms with E-state index in [1.165, 1.54) is 10.9 Å². The molecule has 0 aliphatic carbocycles. The van der Waals surface area contributed by atoms with Crippen LogP contribution < -0.4 is 5.56 Å². The summed E-state index contributed by atoms with van der Waals surface area (Å²) in [5, 5.41) is 1.76. The van der Waals surface area contributed by atoms with E-state index in [0.717, 1.165) is 37.8 Å². The number of carbonyl (C=O) groups is 1. The first-order valence-electron chi connectivity index (χ1n) is 11.6. The van der Waals surface area contributed by atoms with Gasteiger partial charge in [0.25, 0.3) is 5.56 Å². The quantitative estimate of drug-likeness (QED) is 0.431. The molecule has 0 unspecified atom stereocenters. The van der Waals surface area contributed by atoms with Crippen molar-refractivity contribution < 1.29 is 9.53 Å². The van der Waals surface area contributed by atoms with Crippen LogP contribution in [0.15, 0.2) is 59.5 Å². The molecule has 1 fully saturated rings. The summed E-state index contributed by atoms with van der Waals surface area (Å²) in [5.41, 5.74) is 2.80. The summed E-state index contributed by atoms with van der Waals surface area (Å²) in [5.74, 6) is 0.558. The van der Waals surface area contributed by atoms with E-state index in [1.54, 1.807) is 11.0 Å². The summed E-state index contributed by atoms with van der Waals surface area (Å²) in [6, 6.07) is 15.5. The summed E-state index contributed by atoms with van der Waals surface area (Å²) in [7, 11) is 0. The number of aromatic nitrogens is 3. The maximum absolute atomic E-state index is 13.2. The van der Waals surface area contributed by atoms with Crippen molar-refractivity contribution in [1.29, 1.82) is 0 Å². The lowest BCUT2D eigenvalue weighted by Crippen LogP contribution is -2.37. The Kier molecular flexibility index (Phi) is 6.21. The van der Waals surface area contributed by atoms with E-state index in [2.05, 4.69) is 27.1 Å². The van der Waals surface area contributed by atoms with E-state index in [-0.39, 0.29) is 24.1 Å². The maximum atomic E-state index is 13.2. The van der Waals surface area contributed by atoms with Crippen molar-refractivity contribution in [3.8, 4) is 0 Å². The predicted molar refractivity (Wildman–Crippen MR) is 128 cm³/mol. The molecule has 0 bridgehead atoms. The van der Waals surface area contributed by atoms with Gasteiger partial charge in [-0.3, -0.25) is 9.59 Å². The fourth-order valence-corrected chi connectivity index (χ4v) is 4.61. The number of amides is 1. The second-order valence-corrected chi connectivity index (χ2v) is 8.65. The smallest absolute Gasteiger partial charge is 0.258 e. The second kappa shape index (κ2) is 9.58. The van der Waals surface area contributed by atoms with E-state index in [1.807, 2.05) is 36.5 Å². The molecule has 0 spiro atoms. The van der Waals surface area contributed by atoms with Crippen LogP contribution in [0, 0.1) is 0 Å². The Morgan fingerprint density at radius 2 is 1.94 bits per heavy atom. The van der Waals surface area contributed by atoms with Crippen molar-refractivity contribution in [3.63, 3.8) is 0 Å². The number of nitrogens with zero attached hydrogens (tertiary/aromatic N) is 2. The van der Waals surface area contributed by atoms with E-state index >= 15 is 0 Å². The number of carbonyl (C=O) groups excluding carboxylic acids is 1. The van der Waals surface area contributed by atoms with Crippen LogP contribution in [0.2, 0.25) is 0 Å². The molecule has 33 heavy (non-hydrogen) atoms. The molecule has 1 aliphatic heterocycles. The third-order valence-electron chi connectivity index (χ3n) is 6.31. The average Bonchev–Trinajstić information content (AvgIpc) is 3.49. The number of hydrogen-bond acceptors (Lipinski definition) is 4. The Morgan fingerprint density at radius 3 is 2.79 bits per heavy atom. The van der Waals surface area contributed by atoms with Gasteiger partial charge in [0.2, 0.25) is 5.91 Å². The second-order valence-electron chi connectivity index (χ2n) is 8.65. The number of fused-ring (bicyclic) bond motifs is 2. The van der Waals surface area contributed by atoms with Gasteiger partial charge < -0.3 is 19.6 Å². The Morgan fingerprint density at radius 1 is 1.12 bits per heavy atom. The van der Waals surface area contributed by atoms with Gasteiger partial charge in [-0.05, 0) is 49.4 Å². The largest absolute Gasteiger partial charge is 0.376 e. The predicted octanol–water partition coefficient (Wildman–Crippen LogP) is 3.93. The molecule has 1 aliphatic rings. The van der Waals surface area contributed by atoms with Crippen molar-refractivity contribution in [2.75, 3.05) is 13.2 Å². The van der Waals surface area contributed by atoms with Crippen LogP contribution in [0.25, 0.3) is 21.8 Å². The number of ether oxygens (including phenoxy) is 1. The van der Waals surface area contributed by atoms with Gasteiger partial charge in [0, 0.05) is 36.7 Å². The molecule has 7 nitrogen and oxygen atoms in total. The zero-order valence-corrected chi connectivity index (χ0v) is 18.5. The Labute approximate surface area is 191 Å². The summed E-state index contributed by atoms with van der Waals surface area (Å²) in [4.78, 5) is 38.2. The lowest BCUT2D eigenvalue weighted by atomic mass is 10.1. The van der Waals surface area contributed by atoms with Gasteiger partial charge in [0.15, 0.2) is 0 Å². The fourth-order valence-electron chi connectivity index (χ4n) is 4.61. The van der Waals surface area contributed by atoms with E-state index in [9.17, 15) is 9.59 Å². The minimum atomic E-state index is -0.181. The molecule has 5 rings (SSSR count). The first kappa shape index (κ1) is 21.4. The Balaban J connectivity index is 1.29. The van der Waals surface area contributed by atoms with Crippen LogP contribution in [0.3, 0.4) is 0 Å². The fraction of sp³-hybridized carbons (Fsp3) is 0.346. The molecule has 4 aromatic rings. The summed E-state index contributed by atoms with van der Waals surface area (Å²) >= 11 is 0. The zero-order chi connectivity index (χ0) is 22.6. The van der Waals surface area contributed by atoms with Gasteiger partial charge in [0.1, 0.15) is 5.82 Å². The topological polar surface area (TPSA) is 91.1 Å². The van der Waals surface area contributed by atoms with Crippen molar-refractivity contribution in [2.45, 2.75) is 44.8 Å². The number of benzene rings is 2. The summed E-state index contributed by atoms with van der Waals surface area (Å²) in [6.45, 7) is 1.52. The number of para-hydroxylation sites is 2. The first-order chi connectivity index (χ1) is 16.2. The van der Waals surface area contributed by atoms with Crippen LogP contribution in [0.1, 0.15) is 37.1 Å². The SMILES string of the molecule is O=C(CCCc1c[nH]c2ccccc12)N(Cc1nc2ccccc2c(=O)[nH]1)C[C@@H]1CCCO1. The zero-order valence-electron chi connectivity index (χ0n) is 18.5. The first-order valence-corrected chi connectivity index (χ1v) is 11.6. The van der Waals surface area contributed by atoms with Gasteiger partial charge in [-0.15, -0.1) is 0 Å². The molecule has 170 valence electrons. The monoisotopic (exact) mass is 444 g/mol. The molecular formula is C26H28N4O3. The van der Waals surface area contributed by atoms with Gasteiger partial charge in [-0.25, -0.2) is 4.98 Å². The lowest BCUT2D eigenvalue weighted by molar-refractivity contribution is -0.133. The normalized spacial score (nSPS) is 15.9. The van der Waals surface area contributed by atoms with Crippen LogP contribution in [0.4, 0.5) is 0 Å². The molecule has 2 aromatic heterocycles. The standard InChI is InChI=1S/C26H28N4O3/c31-25(13-5-7-18-15-27-22-11-3-1-9-20(18)22)30(16-19-8-6-14-33-19)17-24-28-23-12-4-2-10-21(23)26(32)29-24/h1-4,9-12,15,19,27H,5-8,13-14,16-17H2,(H,28,29,32)/t19-/m0/s1. The molecule has 2 N–H and O–H groups in total. The number of rotatable bonds is 8. The molecule has 1 atom stereocenters. The van der Waals surface area contributed by atoms with Crippen molar-refractivity contribution in [2.24, 2.45) is 0 Å². The van der Waals surface area contributed by atoms with Crippen molar-refractivity contribution in [3.05, 3.63) is 76.5 Å². The summed E-state index contributed by atoms with van der Waals surface area (Å²) in [6.07, 6.45) is 6.04. The molecule has 3 heterocycles. The van der Waals surface area contributed by atoms with E-state index in [0.29, 0.717) is 29.7 Å². The number of H-pyrrole nitrogens is 2. The molecule has 1 amide bonds. The van der Waals surface area contributed by atoms with E-state index in [4.69, 9.17) is 4.74 Å². The highest BCUT2D eigenvalue weighted by Gasteiger charge is 2.23. The lowest BCUT2D eigenvalue weighted by Gasteiger charge is -2.25. The van der Waals surface area contributed by atoms with Gasteiger partial charge in [0.05, 0.1) is 23.6 Å². The number of aromatic amines is 2. The van der Waals surface area contributed by atoms with Crippen molar-refractivity contribution in [1.82, 2.24) is 19.9 Å². The third kappa shape index (κ3) is 4.83. The molecule has 7 heteroatoms. The molecule has 0 saturated carbocycles. The van der Waals surface area contributed by atoms with Crippen LogP contribution >= 0.6 is 0 Å². The van der Waals surface area contributed by atoms with Crippen LogP contribution in [-0.4, -0.2) is 45.0 Å². The van der Waals surface area contributed by atoms with Crippen molar-refractivity contribution >= 4 is 27.7 Å². The van der Waals surface area contributed by atoms with Gasteiger partial charge in [-0.2, -0.15) is 0 Å². The minimum absolute atomic E-state index is 0.0368. The molecular weight excluding hydrogens is 416 g/mol. The highest BCUT2D eigenvalue weighted by atomic mass is 16.5. The molecule has 2 aromatic carbocycles. The molecule has 1 saturated heterocycles. The number of aryl methyl sites for hydroxylation is 1. The Hall–Kier alpha value is -3.45. The van der Waals surface area contributed by atoms with Crippen LogP contribution in [-0.2, 0) is 22.5 Å². The minimum Gasteiger partial charge on any atom is -0.376 e. The number of hydrogen-bond donors (Lipinski definition) is 2. The Bertz CT molecular complexity index is 1320. The summed E-state index contributed by atoms with van der Waals surface area (Å²) < 4.78 is 5.79. The van der Waals surface area contributed by atoms with Crippen LogP contribution in [0.5, 0.6) is 0 Å². The van der Waals surface area contributed by atoms with Gasteiger partial charge in [-0.1, -0.05) is 30.3 Å². The molecule has 0 radical (unpaired) electrons. The maximum Gasteiger partial charge on any atom is 0.258 e. The number of nitrogens with one attached hydrogen (secondary N) is 2. The average molecular weight is 445 g/mol. The third-order valence-corrected chi connectivity index (χ3v) is 6.31. The highest BCUT2D eigenvalue weighted by Crippen LogP contribution is 2.20. The van der Waals surface area contributed by atoms with Gasteiger partial charge >= 0.3 is 0 Å². The van der Waals surface area contributed by atoms with E-state index < -0.39 is 0 Å². The highest BCUT2D eigenvalue weighted by molar-refractivity contribution is 5.83.